The van der Waals surface area contributed by atoms with E-state index in [2.05, 4.69) is 15.4 Å². The molecule has 11 heteroatoms. The number of rotatable bonds is 5. The Labute approximate surface area is 160 Å². The summed E-state index contributed by atoms with van der Waals surface area (Å²) >= 11 is 0. The van der Waals surface area contributed by atoms with Crippen molar-refractivity contribution < 1.29 is 13.7 Å². The van der Waals surface area contributed by atoms with Crippen molar-refractivity contribution in [2.45, 2.75) is 6.54 Å². The van der Waals surface area contributed by atoms with Crippen molar-refractivity contribution in [1.29, 1.82) is 0 Å². The minimum Gasteiger partial charge on any atom is -0.366 e. The molecule has 1 aromatic heterocycles. The molecule has 0 amide bonds. The first-order valence-electron chi connectivity index (χ1n) is 8.80. The van der Waals surface area contributed by atoms with E-state index in [1.54, 1.807) is 7.05 Å². The summed E-state index contributed by atoms with van der Waals surface area (Å²) in [5, 5.41) is 17.8. The second-order valence-electron chi connectivity index (χ2n) is 6.26. The summed E-state index contributed by atoms with van der Waals surface area (Å²) in [6.45, 7) is 3.20. The van der Waals surface area contributed by atoms with Crippen LogP contribution in [0.4, 0.5) is 20.2 Å². The molecule has 2 heterocycles. The second kappa shape index (κ2) is 8.63. The van der Waals surface area contributed by atoms with Gasteiger partial charge in [0.05, 0.1) is 17.2 Å². The highest BCUT2D eigenvalue weighted by molar-refractivity contribution is 5.80. The highest BCUT2D eigenvalue weighted by atomic mass is 19.1. The topological polar surface area (TPSA) is 91.8 Å². The van der Waals surface area contributed by atoms with E-state index in [-0.39, 0.29) is 11.4 Å². The van der Waals surface area contributed by atoms with Crippen LogP contribution in [0, 0.1) is 21.7 Å². The van der Waals surface area contributed by atoms with E-state index in [9.17, 15) is 18.9 Å². The van der Waals surface area contributed by atoms with Crippen LogP contribution >= 0.6 is 0 Å². The van der Waals surface area contributed by atoms with E-state index < -0.39 is 16.6 Å². The number of aliphatic imine (C=N–C) groups is 1. The molecule has 1 saturated heterocycles. The van der Waals surface area contributed by atoms with Gasteiger partial charge in [-0.25, -0.2) is 8.78 Å². The second-order valence-corrected chi connectivity index (χ2v) is 6.26. The predicted molar refractivity (Wildman–Crippen MR) is 100 cm³/mol. The Hall–Kier alpha value is -3.24. The number of hydrogen-bond acceptors (Lipinski definition) is 5. The third-order valence-corrected chi connectivity index (χ3v) is 4.49. The van der Waals surface area contributed by atoms with Gasteiger partial charge in [-0.3, -0.25) is 19.8 Å². The number of nitro groups is 1. The maximum absolute atomic E-state index is 13.9. The van der Waals surface area contributed by atoms with Crippen LogP contribution in [0.25, 0.3) is 0 Å². The predicted octanol–water partition coefficient (Wildman–Crippen LogP) is 1.47. The van der Waals surface area contributed by atoms with Gasteiger partial charge in [0.2, 0.25) is 0 Å². The lowest BCUT2D eigenvalue weighted by Crippen LogP contribution is -2.53. The molecule has 0 unspecified atom stereocenters. The molecule has 0 spiro atoms. The fourth-order valence-corrected chi connectivity index (χ4v) is 3.07. The molecule has 0 aliphatic carbocycles. The largest absolute Gasteiger partial charge is 0.366 e. The monoisotopic (exact) mass is 393 g/mol. The molecule has 2 aromatic rings. The van der Waals surface area contributed by atoms with Crippen LogP contribution in [0.3, 0.4) is 0 Å². The van der Waals surface area contributed by atoms with Crippen molar-refractivity contribution in [3.05, 3.63) is 52.3 Å². The van der Waals surface area contributed by atoms with Crippen molar-refractivity contribution in [3.63, 3.8) is 0 Å². The maximum Gasteiger partial charge on any atom is 0.306 e. The Kier molecular flexibility index (Phi) is 6.02. The smallest absolute Gasteiger partial charge is 0.306 e. The van der Waals surface area contributed by atoms with Crippen molar-refractivity contribution in [1.82, 2.24) is 20.0 Å². The quantitative estimate of drug-likeness (QED) is 0.358. The average Bonchev–Trinajstić information content (AvgIpc) is 3.17. The summed E-state index contributed by atoms with van der Waals surface area (Å²) in [6.07, 6.45) is 2.58. The molecular formula is C17H21F2N7O2. The third kappa shape index (κ3) is 4.53. The lowest BCUT2D eigenvalue weighted by Gasteiger charge is -2.37. The lowest BCUT2D eigenvalue weighted by molar-refractivity contribution is -0.385. The Morgan fingerprint density at radius 2 is 2.07 bits per heavy atom. The van der Waals surface area contributed by atoms with Gasteiger partial charge in [0.25, 0.3) is 0 Å². The van der Waals surface area contributed by atoms with Gasteiger partial charge < -0.3 is 15.1 Å². The third-order valence-electron chi connectivity index (χ3n) is 4.49. The molecule has 0 bridgehead atoms. The summed E-state index contributed by atoms with van der Waals surface area (Å²) in [4.78, 5) is 18.3. The number of anilines is 1. The molecule has 9 nitrogen and oxygen atoms in total. The molecule has 0 saturated carbocycles. The SMILES string of the molecule is CN=C(NCCn1cc([N+](=O)[O-])cn1)N1CCN(c2cc(F)ccc2F)CC1. The van der Waals surface area contributed by atoms with Crippen molar-refractivity contribution >= 4 is 17.3 Å². The molecule has 3 rings (SSSR count). The van der Waals surface area contributed by atoms with Gasteiger partial charge in [-0.2, -0.15) is 5.10 Å². The number of hydrogen-bond donors (Lipinski definition) is 1. The Bertz CT molecular complexity index is 863. The zero-order chi connectivity index (χ0) is 20.1. The molecular weight excluding hydrogens is 372 g/mol. The molecule has 0 atom stereocenters. The molecule has 150 valence electrons. The number of benzene rings is 1. The number of halogens is 2. The van der Waals surface area contributed by atoms with Crippen molar-refractivity contribution in [2.24, 2.45) is 4.99 Å². The van der Waals surface area contributed by atoms with Crippen LogP contribution in [0.2, 0.25) is 0 Å². The fraction of sp³-hybridized carbons (Fsp3) is 0.412. The Morgan fingerprint density at radius 1 is 1.32 bits per heavy atom. The summed E-state index contributed by atoms with van der Waals surface area (Å²) in [6, 6.07) is 3.45. The van der Waals surface area contributed by atoms with E-state index in [1.165, 1.54) is 23.1 Å². The van der Waals surface area contributed by atoms with Gasteiger partial charge in [0, 0.05) is 45.8 Å². The molecule has 28 heavy (non-hydrogen) atoms. The highest BCUT2D eigenvalue weighted by Gasteiger charge is 2.22. The number of guanidine groups is 1. The maximum atomic E-state index is 13.9. The van der Waals surface area contributed by atoms with Crippen LogP contribution in [0.1, 0.15) is 0 Å². The molecule has 1 aliphatic rings. The van der Waals surface area contributed by atoms with Crippen LogP contribution in [-0.2, 0) is 6.54 Å². The minimum atomic E-state index is -0.489. The average molecular weight is 393 g/mol. The van der Waals surface area contributed by atoms with Crippen LogP contribution < -0.4 is 10.2 Å². The van der Waals surface area contributed by atoms with Crippen LogP contribution in [0.15, 0.2) is 35.6 Å². The van der Waals surface area contributed by atoms with E-state index in [4.69, 9.17) is 0 Å². The summed E-state index contributed by atoms with van der Waals surface area (Å²) in [7, 11) is 1.67. The normalized spacial score (nSPS) is 15.0. The number of aromatic nitrogens is 2. The molecule has 1 fully saturated rings. The molecule has 1 aliphatic heterocycles. The fourth-order valence-electron chi connectivity index (χ4n) is 3.07. The molecule has 0 radical (unpaired) electrons. The van der Waals surface area contributed by atoms with E-state index in [0.717, 1.165) is 12.1 Å². The van der Waals surface area contributed by atoms with E-state index in [0.29, 0.717) is 45.2 Å². The van der Waals surface area contributed by atoms with Crippen LogP contribution in [0.5, 0.6) is 0 Å². The van der Waals surface area contributed by atoms with Crippen LogP contribution in [-0.4, -0.2) is 65.3 Å². The van der Waals surface area contributed by atoms with Crippen molar-refractivity contribution in [3.8, 4) is 0 Å². The van der Waals surface area contributed by atoms with Gasteiger partial charge >= 0.3 is 5.69 Å². The summed E-state index contributed by atoms with van der Waals surface area (Å²) in [5.41, 5.74) is 0.216. The zero-order valence-electron chi connectivity index (χ0n) is 15.4. The first-order chi connectivity index (χ1) is 13.5. The zero-order valence-corrected chi connectivity index (χ0v) is 15.4. The van der Waals surface area contributed by atoms with E-state index >= 15 is 0 Å². The number of piperazine rings is 1. The summed E-state index contributed by atoms with van der Waals surface area (Å²) in [5.74, 6) is -0.221. The standard InChI is InChI=1S/C17H21F2N7O2/c1-20-17(21-4-5-25-12-14(11-22-25)26(27)28)24-8-6-23(7-9-24)16-10-13(18)2-3-15(16)19/h2-3,10-12H,4-9H2,1H3,(H,20,21). The molecule has 1 aromatic carbocycles. The van der Waals surface area contributed by atoms with Crippen molar-refractivity contribution in [2.75, 3.05) is 44.7 Å². The molecule has 1 N–H and O–H groups in total. The first kappa shape index (κ1) is 19.5. The Balaban J connectivity index is 1.50. The number of nitrogens with one attached hydrogen (secondary N) is 1. The van der Waals surface area contributed by atoms with Gasteiger partial charge in [-0.15, -0.1) is 0 Å². The van der Waals surface area contributed by atoms with Gasteiger partial charge in [0.15, 0.2) is 5.96 Å². The van der Waals surface area contributed by atoms with Gasteiger partial charge in [-0.1, -0.05) is 0 Å². The number of nitrogens with zero attached hydrogens (tertiary/aromatic N) is 6. The van der Waals surface area contributed by atoms with E-state index in [1.807, 2.05) is 9.80 Å². The lowest BCUT2D eigenvalue weighted by atomic mass is 10.2. The van der Waals surface area contributed by atoms with Gasteiger partial charge in [-0.05, 0) is 12.1 Å². The first-order valence-corrected chi connectivity index (χ1v) is 8.80. The minimum absolute atomic E-state index is 0.0508. The van der Waals surface area contributed by atoms with Gasteiger partial charge in [0.1, 0.15) is 24.0 Å². The summed E-state index contributed by atoms with van der Waals surface area (Å²) < 4.78 is 28.8. The highest BCUT2D eigenvalue weighted by Crippen LogP contribution is 2.21. The Morgan fingerprint density at radius 3 is 2.71 bits per heavy atom.